The predicted octanol–water partition coefficient (Wildman–Crippen LogP) is 4.39. The van der Waals surface area contributed by atoms with Gasteiger partial charge in [0.05, 0.1) is 47.4 Å². The van der Waals surface area contributed by atoms with Crippen LogP contribution >= 0.6 is 11.6 Å². The predicted molar refractivity (Wildman–Crippen MR) is 141 cm³/mol. The van der Waals surface area contributed by atoms with Crippen LogP contribution in [0.3, 0.4) is 0 Å². The number of hydrogen-bond acceptors (Lipinski definition) is 9. The molecule has 3 aromatic rings. The number of halogens is 4. The number of nitrogens with one attached hydrogen (secondary N) is 2. The fraction of sp³-hybridized carbons (Fsp3) is 0.280. The first-order valence-corrected chi connectivity index (χ1v) is 12.5. The van der Waals surface area contributed by atoms with E-state index in [1.807, 2.05) is 0 Å². The van der Waals surface area contributed by atoms with Gasteiger partial charge in [0.15, 0.2) is 11.5 Å². The summed E-state index contributed by atoms with van der Waals surface area (Å²) in [5.74, 6) is -1.61. The van der Waals surface area contributed by atoms with Crippen LogP contribution in [0.25, 0.3) is 5.69 Å². The molecule has 0 saturated carbocycles. The minimum atomic E-state index is -5.03. The molecule has 4 heterocycles. The van der Waals surface area contributed by atoms with Gasteiger partial charge < -0.3 is 10.1 Å². The zero-order chi connectivity index (χ0) is 29.7. The van der Waals surface area contributed by atoms with Crippen molar-refractivity contribution in [3.63, 3.8) is 0 Å². The number of rotatable bonds is 4. The van der Waals surface area contributed by atoms with E-state index in [9.17, 15) is 27.6 Å². The van der Waals surface area contributed by atoms with E-state index in [0.717, 1.165) is 11.1 Å². The van der Waals surface area contributed by atoms with Crippen LogP contribution in [0.15, 0.2) is 41.8 Å². The lowest BCUT2D eigenvalue weighted by molar-refractivity contribution is -0.143. The molecule has 2 N–H and O–H groups in total. The maximum atomic E-state index is 14.4. The van der Waals surface area contributed by atoms with Gasteiger partial charge in [-0.25, -0.2) is 24.8 Å². The number of imide groups is 1. The summed E-state index contributed by atoms with van der Waals surface area (Å²) in [6, 6.07) is 5.38. The Bertz CT molecular complexity index is 1600. The van der Waals surface area contributed by atoms with E-state index in [-0.39, 0.29) is 39.9 Å². The van der Waals surface area contributed by atoms with Crippen molar-refractivity contribution in [2.24, 2.45) is 5.10 Å². The monoisotopic (exact) mass is 590 g/mol. The van der Waals surface area contributed by atoms with Crippen LogP contribution in [-0.2, 0) is 17.5 Å². The molecular weight excluding hydrogens is 569 g/mol. The number of carbonyl (C=O) groups excluding carboxylic acids is 3. The molecule has 5 rings (SSSR count). The van der Waals surface area contributed by atoms with Crippen molar-refractivity contribution < 1.29 is 32.3 Å². The minimum Gasteiger partial charge on any atom is -0.443 e. The summed E-state index contributed by atoms with van der Waals surface area (Å²) >= 11 is 6.23. The maximum absolute atomic E-state index is 14.4. The number of nitrogens with zero attached hydrogens (tertiary/aromatic N) is 6. The number of ether oxygens (including phenoxy) is 1. The smallest absolute Gasteiger partial charge is 0.434 e. The van der Waals surface area contributed by atoms with Crippen molar-refractivity contribution in [1.82, 2.24) is 25.1 Å². The van der Waals surface area contributed by atoms with Crippen molar-refractivity contribution >= 4 is 47.2 Å². The molecule has 3 amide bonds. The molecule has 0 saturated heterocycles. The Hall–Kier alpha value is -4.50. The molecule has 2 aliphatic rings. The number of anilines is 2. The van der Waals surface area contributed by atoms with E-state index in [4.69, 9.17) is 16.3 Å². The van der Waals surface area contributed by atoms with Crippen LogP contribution in [0.5, 0.6) is 0 Å². The van der Waals surface area contributed by atoms with Gasteiger partial charge in [0.1, 0.15) is 5.60 Å². The Morgan fingerprint density at radius 3 is 2.56 bits per heavy atom. The van der Waals surface area contributed by atoms with Crippen LogP contribution in [0, 0.1) is 0 Å². The minimum absolute atomic E-state index is 0.0145. The number of pyridine rings is 1. The Morgan fingerprint density at radius 1 is 1.17 bits per heavy atom. The second-order valence-corrected chi connectivity index (χ2v) is 10.4. The van der Waals surface area contributed by atoms with E-state index in [0.29, 0.717) is 11.2 Å². The molecule has 0 aliphatic carbocycles. The van der Waals surface area contributed by atoms with E-state index in [1.54, 1.807) is 27.0 Å². The summed E-state index contributed by atoms with van der Waals surface area (Å²) in [4.78, 5) is 43.5. The maximum Gasteiger partial charge on any atom is 0.434 e. The third-order valence-electron chi connectivity index (χ3n) is 5.88. The summed E-state index contributed by atoms with van der Waals surface area (Å²) in [5.41, 5.74) is -0.145. The van der Waals surface area contributed by atoms with Crippen LogP contribution < -0.4 is 15.9 Å². The Labute approximate surface area is 235 Å². The molecule has 0 fully saturated rings. The number of hydrazone groups is 1. The third-order valence-corrected chi connectivity index (χ3v) is 6.16. The number of alkyl halides is 3. The quantitative estimate of drug-likeness (QED) is 0.457. The van der Waals surface area contributed by atoms with E-state index >= 15 is 0 Å². The average Bonchev–Trinajstić information content (AvgIpc) is 3.62. The molecule has 0 atom stereocenters. The number of hydrazine groups is 1. The molecular formula is C25H22ClF3N8O4. The molecule has 0 radical (unpaired) electrons. The highest BCUT2D eigenvalue weighted by molar-refractivity contribution is 6.33. The molecule has 1 aromatic carbocycles. The first-order valence-electron chi connectivity index (χ1n) is 12.1. The zero-order valence-electron chi connectivity index (χ0n) is 21.8. The number of carbonyl (C=O) groups is 3. The number of fused-ring (bicyclic) bond motifs is 1. The van der Waals surface area contributed by atoms with Gasteiger partial charge in [0.25, 0.3) is 11.8 Å². The summed E-state index contributed by atoms with van der Waals surface area (Å²) in [7, 11) is 0. The van der Waals surface area contributed by atoms with Gasteiger partial charge in [-0.1, -0.05) is 17.7 Å². The lowest BCUT2D eigenvalue weighted by atomic mass is 10.1. The summed E-state index contributed by atoms with van der Waals surface area (Å²) in [6.07, 6.45) is -2.40. The molecule has 41 heavy (non-hydrogen) atoms. The molecule has 2 aromatic heterocycles. The Balaban J connectivity index is 1.47. The number of hydrogen-bond donors (Lipinski definition) is 2. The van der Waals surface area contributed by atoms with Crippen LogP contribution in [0.2, 0.25) is 5.02 Å². The van der Waals surface area contributed by atoms with Crippen molar-refractivity contribution in [3.8, 4) is 5.69 Å². The SMILES string of the molecule is CC(C)(C)OC(=O)N1Cc2c(cccc2-n2ncc(C(=O)Nc3cnc(N4N=CCN4)c(Cl)c3)c2C(F)(F)F)C1=O. The third kappa shape index (κ3) is 5.45. The molecule has 214 valence electrons. The first-order chi connectivity index (χ1) is 19.2. The average molecular weight is 591 g/mol. The largest absolute Gasteiger partial charge is 0.443 e. The van der Waals surface area contributed by atoms with Crippen LogP contribution in [0.4, 0.5) is 29.5 Å². The van der Waals surface area contributed by atoms with Crippen LogP contribution in [-0.4, -0.2) is 55.9 Å². The molecule has 0 unspecified atom stereocenters. The highest BCUT2D eigenvalue weighted by atomic mass is 35.5. The lowest BCUT2D eigenvalue weighted by Crippen LogP contribution is -2.36. The van der Waals surface area contributed by atoms with Gasteiger partial charge in [0.2, 0.25) is 0 Å². The highest BCUT2D eigenvalue weighted by Crippen LogP contribution is 2.37. The van der Waals surface area contributed by atoms with Crippen LogP contribution in [0.1, 0.15) is 52.7 Å². The van der Waals surface area contributed by atoms with E-state index in [2.05, 4.69) is 25.9 Å². The molecule has 16 heteroatoms. The van der Waals surface area contributed by atoms with Crippen molar-refractivity contribution in [1.29, 1.82) is 0 Å². The molecule has 2 aliphatic heterocycles. The Morgan fingerprint density at radius 2 is 1.93 bits per heavy atom. The zero-order valence-corrected chi connectivity index (χ0v) is 22.5. The summed E-state index contributed by atoms with van der Waals surface area (Å²) < 4.78 is 49.0. The van der Waals surface area contributed by atoms with Gasteiger partial charge in [-0.05, 0) is 39.0 Å². The van der Waals surface area contributed by atoms with Crippen molar-refractivity contribution in [3.05, 3.63) is 64.1 Å². The van der Waals surface area contributed by atoms with E-state index in [1.165, 1.54) is 35.6 Å². The van der Waals surface area contributed by atoms with Gasteiger partial charge in [-0.3, -0.25) is 9.59 Å². The van der Waals surface area contributed by atoms with E-state index < -0.39 is 40.9 Å². The number of benzene rings is 1. The highest BCUT2D eigenvalue weighted by Gasteiger charge is 2.43. The number of aromatic nitrogens is 3. The number of amides is 3. The second kappa shape index (κ2) is 10.2. The normalized spacial score (nSPS) is 15.0. The van der Waals surface area contributed by atoms with Crippen molar-refractivity contribution in [2.75, 3.05) is 17.0 Å². The molecule has 0 bridgehead atoms. The van der Waals surface area contributed by atoms with Gasteiger partial charge >= 0.3 is 12.3 Å². The summed E-state index contributed by atoms with van der Waals surface area (Å²) in [5, 5.41) is 11.6. The van der Waals surface area contributed by atoms with Gasteiger partial charge in [0, 0.05) is 17.3 Å². The van der Waals surface area contributed by atoms with Gasteiger partial charge in [-0.2, -0.15) is 28.5 Å². The first kappa shape index (κ1) is 28.0. The van der Waals surface area contributed by atoms with Crippen molar-refractivity contribution in [2.45, 2.75) is 39.1 Å². The fourth-order valence-electron chi connectivity index (χ4n) is 4.22. The lowest BCUT2D eigenvalue weighted by Gasteiger charge is -2.23. The van der Waals surface area contributed by atoms with Gasteiger partial charge in [-0.15, -0.1) is 0 Å². The fourth-order valence-corrected chi connectivity index (χ4v) is 4.47. The molecule has 12 nitrogen and oxygen atoms in total. The Kier molecular flexibility index (Phi) is 6.95. The standard InChI is InChI=1S/C25H22ClF3N8O4/c1-24(2,3)41-23(40)35-12-16-14(22(35)39)5-4-6-18(16)36-19(25(27,28)29)15(11-33-36)21(38)34-13-9-17(26)20(30-10-13)37-31-7-8-32-37/h4-7,9-11,32H,8,12H2,1-3H3,(H,34,38). The topological polar surface area (TPSA) is 134 Å². The molecule has 0 spiro atoms. The second-order valence-electron chi connectivity index (χ2n) is 9.95. The summed E-state index contributed by atoms with van der Waals surface area (Å²) in [6.45, 7) is 4.97.